The van der Waals surface area contributed by atoms with E-state index in [0.717, 1.165) is 16.7 Å². The SMILES string of the molecule is Cc1cc(C)c(C(=O)CC(=O)O)c(C)c1. The van der Waals surface area contributed by atoms with E-state index in [-0.39, 0.29) is 5.78 Å². The van der Waals surface area contributed by atoms with Crippen LogP contribution in [-0.2, 0) is 4.79 Å². The Labute approximate surface area is 88.7 Å². The Balaban J connectivity index is 3.14. The zero-order chi connectivity index (χ0) is 11.6. The van der Waals surface area contributed by atoms with Crippen LogP contribution in [0.1, 0.15) is 33.5 Å². The topological polar surface area (TPSA) is 54.4 Å². The van der Waals surface area contributed by atoms with Gasteiger partial charge in [-0.15, -0.1) is 0 Å². The molecule has 0 heterocycles. The van der Waals surface area contributed by atoms with Crippen LogP contribution in [0.2, 0.25) is 0 Å². The minimum absolute atomic E-state index is 0.322. The normalized spacial score (nSPS) is 10.1. The monoisotopic (exact) mass is 206 g/mol. The smallest absolute Gasteiger partial charge is 0.311 e. The number of carbonyl (C=O) groups is 2. The van der Waals surface area contributed by atoms with Crippen molar-refractivity contribution in [3.63, 3.8) is 0 Å². The molecule has 0 aliphatic carbocycles. The average Bonchev–Trinajstić information content (AvgIpc) is 1.99. The van der Waals surface area contributed by atoms with E-state index in [9.17, 15) is 9.59 Å². The van der Waals surface area contributed by atoms with Crippen molar-refractivity contribution in [2.24, 2.45) is 0 Å². The van der Waals surface area contributed by atoms with Crippen molar-refractivity contribution in [1.82, 2.24) is 0 Å². The predicted octanol–water partition coefficient (Wildman–Crippen LogP) is 2.27. The van der Waals surface area contributed by atoms with Gasteiger partial charge in [-0.25, -0.2) is 0 Å². The van der Waals surface area contributed by atoms with E-state index in [1.54, 1.807) is 0 Å². The third-order valence-electron chi connectivity index (χ3n) is 2.27. The van der Waals surface area contributed by atoms with E-state index in [1.807, 2.05) is 32.9 Å². The first kappa shape index (κ1) is 11.4. The third kappa shape index (κ3) is 2.65. The van der Waals surface area contributed by atoms with E-state index in [1.165, 1.54) is 0 Å². The van der Waals surface area contributed by atoms with Gasteiger partial charge in [0, 0.05) is 5.56 Å². The Morgan fingerprint density at radius 2 is 1.60 bits per heavy atom. The summed E-state index contributed by atoms with van der Waals surface area (Å²) in [7, 11) is 0. The molecule has 1 rings (SSSR count). The molecule has 0 amide bonds. The van der Waals surface area contributed by atoms with Crippen LogP contribution >= 0.6 is 0 Å². The number of rotatable bonds is 3. The molecule has 0 bridgehead atoms. The van der Waals surface area contributed by atoms with Gasteiger partial charge >= 0.3 is 5.97 Å². The van der Waals surface area contributed by atoms with Gasteiger partial charge in [0.05, 0.1) is 0 Å². The molecule has 0 aliphatic heterocycles. The summed E-state index contributed by atoms with van der Waals surface area (Å²) in [6.45, 7) is 5.61. The quantitative estimate of drug-likeness (QED) is 0.609. The summed E-state index contributed by atoms with van der Waals surface area (Å²) in [6.07, 6.45) is -0.440. The van der Waals surface area contributed by atoms with Crippen molar-refractivity contribution in [2.45, 2.75) is 27.2 Å². The molecular formula is C12H14O3. The van der Waals surface area contributed by atoms with Crippen molar-refractivity contribution in [2.75, 3.05) is 0 Å². The molecule has 0 saturated heterocycles. The fourth-order valence-electron chi connectivity index (χ4n) is 1.85. The van der Waals surface area contributed by atoms with E-state index < -0.39 is 12.4 Å². The lowest BCUT2D eigenvalue weighted by Gasteiger charge is -2.08. The van der Waals surface area contributed by atoms with Crippen molar-refractivity contribution >= 4 is 11.8 Å². The Morgan fingerprint density at radius 3 is 2.00 bits per heavy atom. The van der Waals surface area contributed by atoms with Gasteiger partial charge < -0.3 is 5.11 Å². The molecule has 1 N–H and O–H groups in total. The van der Waals surface area contributed by atoms with Crippen LogP contribution in [0.4, 0.5) is 0 Å². The zero-order valence-electron chi connectivity index (χ0n) is 9.13. The van der Waals surface area contributed by atoms with Crippen molar-refractivity contribution in [3.05, 3.63) is 34.4 Å². The summed E-state index contributed by atoms with van der Waals surface area (Å²) in [5.74, 6) is -1.41. The maximum atomic E-state index is 11.6. The molecule has 1 aromatic carbocycles. The first-order valence-electron chi connectivity index (χ1n) is 4.74. The fraction of sp³-hybridized carbons (Fsp3) is 0.333. The molecule has 0 spiro atoms. The maximum absolute atomic E-state index is 11.6. The second kappa shape index (κ2) is 4.26. The van der Waals surface area contributed by atoms with Gasteiger partial charge in [0.1, 0.15) is 6.42 Å². The molecule has 0 fully saturated rings. The number of carboxylic acids is 1. The van der Waals surface area contributed by atoms with Gasteiger partial charge in [-0.05, 0) is 31.9 Å². The van der Waals surface area contributed by atoms with Gasteiger partial charge in [0.15, 0.2) is 5.78 Å². The number of carbonyl (C=O) groups excluding carboxylic acids is 1. The molecule has 0 saturated carbocycles. The van der Waals surface area contributed by atoms with Crippen LogP contribution in [0.15, 0.2) is 12.1 Å². The summed E-state index contributed by atoms with van der Waals surface area (Å²) >= 11 is 0. The van der Waals surface area contributed by atoms with Crippen molar-refractivity contribution in [1.29, 1.82) is 0 Å². The molecule has 0 radical (unpaired) electrons. The van der Waals surface area contributed by atoms with Crippen LogP contribution < -0.4 is 0 Å². The lowest BCUT2D eigenvalue weighted by molar-refractivity contribution is -0.135. The van der Waals surface area contributed by atoms with Gasteiger partial charge in [-0.3, -0.25) is 9.59 Å². The number of ketones is 1. The predicted molar refractivity (Wildman–Crippen MR) is 57.2 cm³/mol. The number of hydrogen-bond donors (Lipinski definition) is 1. The second-order valence-electron chi connectivity index (χ2n) is 3.77. The Hall–Kier alpha value is -1.64. The Kier molecular flexibility index (Phi) is 3.24. The summed E-state index contributed by atoms with van der Waals surface area (Å²) < 4.78 is 0. The van der Waals surface area contributed by atoms with Crippen LogP contribution in [-0.4, -0.2) is 16.9 Å². The second-order valence-corrected chi connectivity index (χ2v) is 3.77. The molecular weight excluding hydrogens is 192 g/mol. The molecule has 3 heteroatoms. The van der Waals surface area contributed by atoms with Crippen molar-refractivity contribution < 1.29 is 14.7 Å². The Morgan fingerprint density at radius 1 is 1.13 bits per heavy atom. The fourth-order valence-corrected chi connectivity index (χ4v) is 1.85. The molecule has 0 atom stereocenters. The maximum Gasteiger partial charge on any atom is 0.311 e. The lowest BCUT2D eigenvalue weighted by atomic mass is 9.95. The first-order valence-corrected chi connectivity index (χ1v) is 4.74. The van der Waals surface area contributed by atoms with Crippen LogP contribution in [0.25, 0.3) is 0 Å². The minimum Gasteiger partial charge on any atom is -0.481 e. The van der Waals surface area contributed by atoms with Crippen LogP contribution in [0, 0.1) is 20.8 Å². The molecule has 15 heavy (non-hydrogen) atoms. The average molecular weight is 206 g/mol. The number of carboxylic acid groups (broad SMARTS) is 1. The van der Waals surface area contributed by atoms with Gasteiger partial charge in [-0.1, -0.05) is 17.7 Å². The minimum atomic E-state index is -1.08. The van der Waals surface area contributed by atoms with Crippen molar-refractivity contribution in [3.8, 4) is 0 Å². The van der Waals surface area contributed by atoms with Crippen LogP contribution in [0.5, 0.6) is 0 Å². The molecule has 80 valence electrons. The summed E-state index contributed by atoms with van der Waals surface area (Å²) in [4.78, 5) is 22.1. The first-order chi connectivity index (χ1) is 6.91. The van der Waals surface area contributed by atoms with E-state index in [0.29, 0.717) is 5.56 Å². The number of aliphatic carboxylic acids is 1. The summed E-state index contributed by atoms with van der Waals surface area (Å²) in [5, 5.41) is 8.56. The van der Waals surface area contributed by atoms with Gasteiger partial charge in [-0.2, -0.15) is 0 Å². The number of aryl methyl sites for hydroxylation is 3. The van der Waals surface area contributed by atoms with E-state index in [2.05, 4.69) is 0 Å². The standard InChI is InChI=1S/C12H14O3/c1-7-4-8(2)12(9(3)5-7)10(13)6-11(14)15/h4-5H,6H2,1-3H3,(H,14,15). The van der Waals surface area contributed by atoms with Gasteiger partial charge in [0.25, 0.3) is 0 Å². The Bertz CT molecular complexity index is 396. The molecule has 1 aromatic rings. The lowest BCUT2D eigenvalue weighted by Crippen LogP contribution is -2.10. The number of benzene rings is 1. The highest BCUT2D eigenvalue weighted by Gasteiger charge is 2.15. The number of hydrogen-bond acceptors (Lipinski definition) is 2. The van der Waals surface area contributed by atoms with Gasteiger partial charge in [0.2, 0.25) is 0 Å². The zero-order valence-corrected chi connectivity index (χ0v) is 9.13. The third-order valence-corrected chi connectivity index (χ3v) is 2.27. The molecule has 0 aliphatic rings. The highest BCUT2D eigenvalue weighted by Crippen LogP contribution is 2.17. The molecule has 0 aromatic heterocycles. The molecule has 0 unspecified atom stereocenters. The highest BCUT2D eigenvalue weighted by molar-refractivity contribution is 6.07. The largest absolute Gasteiger partial charge is 0.481 e. The summed E-state index contributed by atoms with van der Waals surface area (Å²) in [5.41, 5.74) is 3.32. The number of Topliss-reactive ketones (excluding diaryl/α,β-unsaturated/α-hetero) is 1. The van der Waals surface area contributed by atoms with Crippen LogP contribution in [0.3, 0.4) is 0 Å². The molecule has 3 nitrogen and oxygen atoms in total. The highest BCUT2D eigenvalue weighted by atomic mass is 16.4. The van der Waals surface area contributed by atoms with E-state index >= 15 is 0 Å². The summed E-state index contributed by atoms with van der Waals surface area (Å²) in [6, 6.07) is 3.78. The van der Waals surface area contributed by atoms with E-state index in [4.69, 9.17) is 5.11 Å².